The summed E-state index contributed by atoms with van der Waals surface area (Å²) >= 11 is 0. The normalized spacial score (nSPS) is 28.9. The Bertz CT molecular complexity index is 461. The van der Waals surface area contributed by atoms with Crippen LogP contribution in [-0.2, 0) is 0 Å². The van der Waals surface area contributed by atoms with E-state index < -0.39 is 0 Å². The number of halogens is 1. The standard InChI is InChI=1S/C14H17NO2.BrH/c1-17-11-3-4-12-9(6-11)8-15-14-5-2-10(16)7-13(12)14;/h3-4,6,8,10,13-14,16H,2,5,7H2,1H3;1H. The zero-order valence-electron chi connectivity index (χ0n) is 10.4. The zero-order chi connectivity index (χ0) is 11.8. The number of benzene rings is 1. The maximum absolute atomic E-state index is 9.80. The summed E-state index contributed by atoms with van der Waals surface area (Å²) in [4.78, 5) is 4.61. The first-order valence-electron chi connectivity index (χ1n) is 6.17. The number of fused-ring (bicyclic) bond motifs is 3. The number of aliphatic hydroxyl groups excluding tert-OH is 1. The molecule has 3 atom stereocenters. The summed E-state index contributed by atoms with van der Waals surface area (Å²) in [5.41, 5.74) is 2.45. The van der Waals surface area contributed by atoms with E-state index in [0.29, 0.717) is 12.0 Å². The molecule has 1 heterocycles. The fraction of sp³-hybridized carbons (Fsp3) is 0.500. The Hall–Kier alpha value is -0.870. The van der Waals surface area contributed by atoms with Gasteiger partial charge in [0.15, 0.2) is 0 Å². The minimum absolute atomic E-state index is 0. The number of hydrogen-bond donors (Lipinski definition) is 1. The molecule has 0 spiro atoms. The van der Waals surface area contributed by atoms with Gasteiger partial charge in [0, 0.05) is 12.1 Å². The Kier molecular flexibility index (Phi) is 4.07. The van der Waals surface area contributed by atoms with Crippen molar-refractivity contribution in [2.75, 3.05) is 7.11 Å². The van der Waals surface area contributed by atoms with Crippen molar-refractivity contribution in [2.45, 2.75) is 37.3 Å². The van der Waals surface area contributed by atoms with Gasteiger partial charge in [-0.05, 0) is 42.5 Å². The van der Waals surface area contributed by atoms with Crippen molar-refractivity contribution in [1.29, 1.82) is 0 Å². The summed E-state index contributed by atoms with van der Waals surface area (Å²) in [6.07, 6.45) is 4.50. The number of aliphatic imine (C=N–C) groups is 1. The molecular weight excluding hydrogens is 294 g/mol. The molecule has 0 aromatic heterocycles. The van der Waals surface area contributed by atoms with Crippen molar-refractivity contribution in [3.05, 3.63) is 29.3 Å². The van der Waals surface area contributed by atoms with E-state index in [4.69, 9.17) is 4.74 Å². The Morgan fingerprint density at radius 1 is 1.33 bits per heavy atom. The lowest BCUT2D eigenvalue weighted by molar-refractivity contribution is 0.111. The summed E-state index contributed by atoms with van der Waals surface area (Å²) in [6.45, 7) is 0. The van der Waals surface area contributed by atoms with Crippen molar-refractivity contribution in [1.82, 2.24) is 0 Å². The second kappa shape index (κ2) is 5.41. The van der Waals surface area contributed by atoms with E-state index in [0.717, 1.165) is 30.6 Å². The summed E-state index contributed by atoms with van der Waals surface area (Å²) in [5, 5.41) is 9.80. The maximum atomic E-state index is 9.80. The molecule has 1 aromatic carbocycles. The van der Waals surface area contributed by atoms with Crippen molar-refractivity contribution in [3.63, 3.8) is 0 Å². The molecule has 1 N–H and O–H groups in total. The highest BCUT2D eigenvalue weighted by Gasteiger charge is 2.33. The van der Waals surface area contributed by atoms with Crippen LogP contribution in [0.4, 0.5) is 0 Å². The number of aliphatic hydroxyl groups is 1. The van der Waals surface area contributed by atoms with Crippen LogP contribution >= 0.6 is 17.0 Å². The molecule has 1 aromatic rings. The molecule has 0 bridgehead atoms. The number of hydrogen-bond acceptors (Lipinski definition) is 3. The van der Waals surface area contributed by atoms with Crippen LogP contribution in [0.1, 0.15) is 36.3 Å². The molecule has 1 aliphatic heterocycles. The molecule has 0 amide bonds. The molecule has 18 heavy (non-hydrogen) atoms. The summed E-state index contributed by atoms with van der Waals surface area (Å²) in [5.74, 6) is 1.25. The van der Waals surface area contributed by atoms with Crippen molar-refractivity contribution >= 4 is 23.2 Å². The Morgan fingerprint density at radius 2 is 2.17 bits per heavy atom. The predicted octanol–water partition coefficient (Wildman–Crippen LogP) is 2.70. The van der Waals surface area contributed by atoms with Crippen molar-refractivity contribution in [2.24, 2.45) is 4.99 Å². The molecule has 3 rings (SSSR count). The van der Waals surface area contributed by atoms with E-state index in [9.17, 15) is 5.11 Å². The van der Waals surface area contributed by atoms with E-state index in [1.165, 1.54) is 5.56 Å². The van der Waals surface area contributed by atoms with Gasteiger partial charge in [0.2, 0.25) is 0 Å². The number of rotatable bonds is 1. The second-order valence-corrected chi connectivity index (χ2v) is 4.91. The lowest BCUT2D eigenvalue weighted by Crippen LogP contribution is -2.31. The van der Waals surface area contributed by atoms with Crippen LogP contribution in [0, 0.1) is 0 Å². The molecule has 0 radical (unpaired) electrons. The van der Waals surface area contributed by atoms with Crippen LogP contribution in [0.25, 0.3) is 0 Å². The molecule has 3 nitrogen and oxygen atoms in total. The van der Waals surface area contributed by atoms with Gasteiger partial charge >= 0.3 is 0 Å². The SMILES string of the molecule is Br.COc1ccc2c(c1)C=NC1CCC(O)CC21. The second-order valence-electron chi connectivity index (χ2n) is 4.91. The van der Waals surface area contributed by atoms with Gasteiger partial charge in [-0.3, -0.25) is 4.99 Å². The van der Waals surface area contributed by atoms with Gasteiger partial charge in [-0.25, -0.2) is 0 Å². The zero-order valence-corrected chi connectivity index (χ0v) is 12.1. The van der Waals surface area contributed by atoms with Gasteiger partial charge in [0.05, 0.1) is 19.3 Å². The average molecular weight is 312 g/mol. The Balaban J connectivity index is 0.00000120. The maximum Gasteiger partial charge on any atom is 0.119 e. The number of ether oxygens (including phenoxy) is 1. The lowest BCUT2D eigenvalue weighted by atomic mass is 9.76. The van der Waals surface area contributed by atoms with Crippen LogP contribution in [-0.4, -0.2) is 30.6 Å². The van der Waals surface area contributed by atoms with E-state index in [2.05, 4.69) is 11.1 Å². The first kappa shape index (κ1) is 13.6. The lowest BCUT2D eigenvalue weighted by Gasteiger charge is -2.35. The van der Waals surface area contributed by atoms with Crippen LogP contribution in [0.3, 0.4) is 0 Å². The highest BCUT2D eigenvalue weighted by Crippen LogP contribution is 2.39. The smallest absolute Gasteiger partial charge is 0.119 e. The molecule has 1 saturated carbocycles. The third-order valence-corrected chi connectivity index (χ3v) is 3.88. The fourth-order valence-electron chi connectivity index (χ4n) is 2.95. The van der Waals surface area contributed by atoms with Gasteiger partial charge in [-0.2, -0.15) is 0 Å². The third kappa shape index (κ3) is 2.31. The Labute approximate surface area is 118 Å². The monoisotopic (exact) mass is 311 g/mol. The van der Waals surface area contributed by atoms with Gasteiger partial charge in [0.25, 0.3) is 0 Å². The highest BCUT2D eigenvalue weighted by atomic mass is 79.9. The van der Waals surface area contributed by atoms with Crippen LogP contribution in [0.15, 0.2) is 23.2 Å². The minimum atomic E-state index is -0.167. The van der Waals surface area contributed by atoms with Gasteiger partial charge in [0.1, 0.15) is 5.75 Å². The topological polar surface area (TPSA) is 41.8 Å². The Morgan fingerprint density at radius 3 is 2.94 bits per heavy atom. The number of nitrogens with zero attached hydrogens (tertiary/aromatic N) is 1. The van der Waals surface area contributed by atoms with Gasteiger partial charge in [-0.15, -0.1) is 17.0 Å². The van der Waals surface area contributed by atoms with Crippen LogP contribution in [0.2, 0.25) is 0 Å². The first-order chi connectivity index (χ1) is 8.28. The summed E-state index contributed by atoms with van der Waals surface area (Å²) in [7, 11) is 1.68. The van der Waals surface area contributed by atoms with E-state index >= 15 is 0 Å². The summed E-state index contributed by atoms with van der Waals surface area (Å²) < 4.78 is 5.23. The van der Waals surface area contributed by atoms with Gasteiger partial charge in [-0.1, -0.05) is 6.07 Å². The molecule has 1 fully saturated rings. The average Bonchev–Trinajstić information content (AvgIpc) is 2.37. The summed E-state index contributed by atoms with van der Waals surface area (Å²) in [6, 6.07) is 6.50. The molecule has 2 aliphatic rings. The van der Waals surface area contributed by atoms with E-state index in [1.807, 2.05) is 18.3 Å². The van der Waals surface area contributed by atoms with Gasteiger partial charge < -0.3 is 9.84 Å². The van der Waals surface area contributed by atoms with E-state index in [1.54, 1.807) is 7.11 Å². The van der Waals surface area contributed by atoms with Crippen LogP contribution in [0.5, 0.6) is 5.75 Å². The molecule has 3 unspecified atom stereocenters. The minimum Gasteiger partial charge on any atom is -0.497 e. The number of methoxy groups -OCH3 is 1. The van der Waals surface area contributed by atoms with Crippen LogP contribution < -0.4 is 4.74 Å². The molecule has 4 heteroatoms. The van der Waals surface area contributed by atoms with Crippen molar-refractivity contribution < 1.29 is 9.84 Å². The molecule has 0 saturated heterocycles. The van der Waals surface area contributed by atoms with E-state index in [-0.39, 0.29) is 23.1 Å². The van der Waals surface area contributed by atoms with Crippen molar-refractivity contribution in [3.8, 4) is 5.75 Å². The highest BCUT2D eigenvalue weighted by molar-refractivity contribution is 8.93. The first-order valence-corrected chi connectivity index (χ1v) is 6.17. The fourth-order valence-corrected chi connectivity index (χ4v) is 2.95. The largest absolute Gasteiger partial charge is 0.497 e. The molecule has 1 aliphatic carbocycles. The quantitative estimate of drug-likeness (QED) is 0.866. The third-order valence-electron chi connectivity index (χ3n) is 3.88. The molecular formula is C14H18BrNO2. The predicted molar refractivity (Wildman–Crippen MR) is 77.3 cm³/mol. The molecule has 98 valence electrons.